The molecule has 3 N–H and O–H groups in total. The molecular formula is C27H24N2O5. The van der Waals surface area contributed by atoms with E-state index >= 15 is 0 Å². The minimum Gasteiger partial charge on any atom is -0.478 e. The van der Waals surface area contributed by atoms with Crippen molar-refractivity contribution in [3.63, 3.8) is 0 Å². The normalized spacial score (nSPS) is 12.4. The van der Waals surface area contributed by atoms with E-state index in [1.165, 1.54) is 12.1 Å². The molecule has 0 radical (unpaired) electrons. The van der Waals surface area contributed by atoms with Crippen LogP contribution in [0, 0.1) is 0 Å². The number of alkyl carbamates (subject to hydrolysis) is 1. The molecule has 3 aromatic carbocycles. The maximum Gasteiger partial charge on any atom is 0.407 e. The third-order valence-corrected chi connectivity index (χ3v) is 5.76. The number of carbonyl (C=O) groups excluding carboxylic acids is 2. The van der Waals surface area contributed by atoms with Gasteiger partial charge in [0.05, 0.1) is 11.3 Å². The number of hydrogen-bond acceptors (Lipinski definition) is 4. The number of benzene rings is 3. The number of rotatable bonds is 7. The first-order valence-corrected chi connectivity index (χ1v) is 10.8. The van der Waals surface area contributed by atoms with Gasteiger partial charge in [-0.05, 0) is 41.3 Å². The van der Waals surface area contributed by atoms with Crippen LogP contribution in [0.25, 0.3) is 11.1 Å². The quantitative estimate of drug-likeness (QED) is 0.443. The second kappa shape index (κ2) is 10.0. The summed E-state index contributed by atoms with van der Waals surface area (Å²) in [5, 5.41) is 14.4. The van der Waals surface area contributed by atoms with Crippen LogP contribution in [0.1, 0.15) is 34.3 Å². The Kier molecular flexibility index (Phi) is 6.73. The van der Waals surface area contributed by atoms with E-state index in [-0.39, 0.29) is 30.3 Å². The fourth-order valence-electron chi connectivity index (χ4n) is 4.03. The van der Waals surface area contributed by atoms with Gasteiger partial charge in [0, 0.05) is 18.0 Å². The van der Waals surface area contributed by atoms with Crippen molar-refractivity contribution in [2.24, 2.45) is 0 Å². The summed E-state index contributed by atoms with van der Waals surface area (Å²) in [6, 6.07) is 22.3. The van der Waals surface area contributed by atoms with Crippen LogP contribution < -0.4 is 10.6 Å². The Morgan fingerprint density at radius 1 is 0.912 bits per heavy atom. The summed E-state index contributed by atoms with van der Waals surface area (Å²) < 4.78 is 5.47. The van der Waals surface area contributed by atoms with Gasteiger partial charge in [-0.15, -0.1) is 0 Å². The number of anilines is 1. The molecule has 0 unspecified atom stereocenters. The van der Waals surface area contributed by atoms with Gasteiger partial charge in [0.1, 0.15) is 6.61 Å². The maximum atomic E-state index is 12.4. The van der Waals surface area contributed by atoms with Crippen LogP contribution in [0.4, 0.5) is 10.5 Å². The van der Waals surface area contributed by atoms with Gasteiger partial charge in [0.25, 0.3) is 5.91 Å². The van der Waals surface area contributed by atoms with Gasteiger partial charge >= 0.3 is 12.1 Å². The molecule has 3 aromatic rings. The number of carbonyl (C=O) groups is 3. The Balaban J connectivity index is 1.31. The minimum absolute atomic E-state index is 0.000382. The first-order chi connectivity index (χ1) is 16.5. The average Bonchev–Trinajstić information content (AvgIpc) is 3.16. The molecule has 0 aromatic heterocycles. The van der Waals surface area contributed by atoms with Crippen LogP contribution in [0.15, 0.2) is 84.4 Å². The number of hydrogen-bond donors (Lipinski definition) is 3. The Morgan fingerprint density at radius 3 is 2.15 bits per heavy atom. The van der Waals surface area contributed by atoms with E-state index < -0.39 is 18.0 Å². The van der Waals surface area contributed by atoms with E-state index in [9.17, 15) is 19.5 Å². The van der Waals surface area contributed by atoms with Crippen LogP contribution in [-0.2, 0) is 9.53 Å². The molecule has 0 atom stereocenters. The second-order valence-electron chi connectivity index (χ2n) is 7.90. The van der Waals surface area contributed by atoms with Gasteiger partial charge < -0.3 is 20.5 Å². The van der Waals surface area contributed by atoms with Gasteiger partial charge in [0.2, 0.25) is 0 Å². The van der Waals surface area contributed by atoms with Crippen LogP contribution in [0.2, 0.25) is 0 Å². The molecule has 0 saturated heterocycles. The predicted molar refractivity (Wildman–Crippen MR) is 129 cm³/mol. The lowest BCUT2D eigenvalue weighted by Gasteiger charge is -2.14. The summed E-state index contributed by atoms with van der Waals surface area (Å²) in [4.78, 5) is 35.9. The smallest absolute Gasteiger partial charge is 0.407 e. The number of nitrogens with one attached hydrogen (secondary N) is 2. The Morgan fingerprint density at radius 2 is 1.50 bits per heavy atom. The summed E-state index contributed by atoms with van der Waals surface area (Å²) in [6.45, 7) is 1.88. The molecule has 0 fully saturated rings. The zero-order chi connectivity index (χ0) is 24.1. The predicted octanol–water partition coefficient (Wildman–Crippen LogP) is 4.81. The topological polar surface area (TPSA) is 105 Å². The number of ether oxygens (including phenoxy) is 1. The van der Waals surface area contributed by atoms with Crippen LogP contribution in [-0.4, -0.2) is 36.2 Å². The zero-order valence-electron chi connectivity index (χ0n) is 18.6. The largest absolute Gasteiger partial charge is 0.478 e. The molecule has 1 aliphatic rings. The van der Waals surface area contributed by atoms with E-state index in [2.05, 4.69) is 34.9 Å². The van der Waals surface area contributed by atoms with Crippen LogP contribution >= 0.6 is 0 Å². The van der Waals surface area contributed by atoms with E-state index in [1.54, 1.807) is 25.1 Å². The summed E-state index contributed by atoms with van der Waals surface area (Å²) in [7, 11) is 0. The summed E-state index contributed by atoms with van der Waals surface area (Å²) in [6.07, 6.45) is 0.961. The number of para-hydroxylation sites is 1. The first kappa shape index (κ1) is 22.8. The summed E-state index contributed by atoms with van der Waals surface area (Å²) >= 11 is 0. The average molecular weight is 456 g/mol. The molecule has 0 spiro atoms. The molecule has 2 amide bonds. The highest BCUT2D eigenvalue weighted by Crippen LogP contribution is 2.44. The van der Waals surface area contributed by atoms with Gasteiger partial charge in [-0.3, -0.25) is 4.79 Å². The van der Waals surface area contributed by atoms with Crippen molar-refractivity contribution >= 4 is 23.7 Å². The van der Waals surface area contributed by atoms with Crippen molar-refractivity contribution in [1.29, 1.82) is 0 Å². The number of fused-ring (bicyclic) bond motifs is 3. The number of aromatic carboxylic acids is 1. The minimum atomic E-state index is -1.13. The van der Waals surface area contributed by atoms with Crippen molar-refractivity contribution in [3.8, 4) is 11.1 Å². The highest BCUT2D eigenvalue weighted by atomic mass is 16.5. The Hall–Kier alpha value is -4.39. The molecule has 7 heteroatoms. The lowest BCUT2D eigenvalue weighted by molar-refractivity contribution is -0.112. The summed E-state index contributed by atoms with van der Waals surface area (Å²) in [5.74, 6) is -1.62. The maximum absolute atomic E-state index is 12.4. The van der Waals surface area contributed by atoms with Gasteiger partial charge in [-0.2, -0.15) is 0 Å². The second-order valence-corrected chi connectivity index (χ2v) is 7.90. The van der Waals surface area contributed by atoms with Crippen LogP contribution in [0.5, 0.6) is 0 Å². The monoisotopic (exact) mass is 456 g/mol. The van der Waals surface area contributed by atoms with Crippen molar-refractivity contribution < 1.29 is 24.2 Å². The molecule has 0 aliphatic heterocycles. The van der Waals surface area contributed by atoms with E-state index in [4.69, 9.17) is 4.74 Å². The molecule has 172 valence electrons. The van der Waals surface area contributed by atoms with Crippen molar-refractivity contribution in [2.75, 3.05) is 18.5 Å². The van der Waals surface area contributed by atoms with Crippen molar-refractivity contribution in [2.45, 2.75) is 12.8 Å². The molecule has 34 heavy (non-hydrogen) atoms. The lowest BCUT2D eigenvalue weighted by Crippen LogP contribution is -2.27. The zero-order valence-corrected chi connectivity index (χ0v) is 18.6. The fraction of sp³-hybridized carbons (Fsp3) is 0.148. The third-order valence-electron chi connectivity index (χ3n) is 5.76. The fourth-order valence-corrected chi connectivity index (χ4v) is 4.03. The van der Waals surface area contributed by atoms with E-state index in [0.717, 1.165) is 22.3 Å². The van der Waals surface area contributed by atoms with Gasteiger partial charge in [0.15, 0.2) is 0 Å². The standard InChI is InChI=1S/C27H24N2O5/c1-17(25(30)29-24-13-7-6-12-22(24)26(31)32)14-15-28-27(33)34-16-23-20-10-4-2-8-18(20)19-9-3-5-11-21(19)23/h2-14,23H,15-16H2,1H3,(H,28,33)(H,29,30)(H,31,32)/b17-14+. The van der Waals surface area contributed by atoms with Crippen LogP contribution in [0.3, 0.4) is 0 Å². The van der Waals surface area contributed by atoms with Crippen molar-refractivity contribution in [1.82, 2.24) is 5.32 Å². The van der Waals surface area contributed by atoms with Crippen molar-refractivity contribution in [3.05, 3.63) is 101 Å². The first-order valence-electron chi connectivity index (χ1n) is 10.8. The van der Waals surface area contributed by atoms with E-state index in [1.807, 2.05) is 24.3 Å². The summed E-state index contributed by atoms with van der Waals surface area (Å²) in [5.41, 5.74) is 5.11. The molecule has 1 aliphatic carbocycles. The highest BCUT2D eigenvalue weighted by molar-refractivity contribution is 6.07. The molecule has 0 bridgehead atoms. The SMILES string of the molecule is C/C(=C\CNC(=O)OCC1c2ccccc2-c2ccccc21)C(=O)Nc1ccccc1C(=O)O. The molecule has 7 nitrogen and oxygen atoms in total. The number of amides is 2. The Labute approximate surface area is 197 Å². The molecule has 0 heterocycles. The number of carboxylic acids is 1. The Bertz CT molecular complexity index is 1240. The third kappa shape index (κ3) is 4.83. The van der Waals surface area contributed by atoms with Gasteiger partial charge in [-0.1, -0.05) is 66.7 Å². The van der Waals surface area contributed by atoms with E-state index in [0.29, 0.717) is 5.57 Å². The highest BCUT2D eigenvalue weighted by Gasteiger charge is 2.28. The lowest BCUT2D eigenvalue weighted by atomic mass is 9.98. The molecular weight excluding hydrogens is 432 g/mol. The number of carboxylic acid groups (broad SMARTS) is 1. The van der Waals surface area contributed by atoms with Gasteiger partial charge in [-0.25, -0.2) is 9.59 Å². The molecule has 0 saturated carbocycles. The molecule has 4 rings (SSSR count).